The van der Waals surface area contributed by atoms with E-state index in [1.54, 1.807) is 7.11 Å². The third-order valence-electron chi connectivity index (χ3n) is 3.51. The number of nitrogens with one attached hydrogen (secondary N) is 1. The molecule has 4 nitrogen and oxygen atoms in total. The Hall–Kier alpha value is -0.320. The van der Waals surface area contributed by atoms with Gasteiger partial charge in [-0.3, -0.25) is 4.79 Å². The molecule has 0 aromatic heterocycles. The van der Waals surface area contributed by atoms with Crippen LogP contribution in [0, 0.1) is 5.41 Å². The molecule has 0 spiro atoms. The lowest BCUT2D eigenvalue weighted by molar-refractivity contribution is -0.125. The zero-order valence-corrected chi connectivity index (χ0v) is 11.8. The fourth-order valence-electron chi connectivity index (χ4n) is 2.30. The minimum absolute atomic E-state index is 0. The number of methoxy groups -OCH3 is 1. The molecule has 0 aliphatic heterocycles. The molecular formula is C12H25ClN2O2. The van der Waals surface area contributed by atoms with Crippen LogP contribution < -0.4 is 11.1 Å². The number of nitrogens with two attached hydrogens (primary N) is 1. The Morgan fingerprint density at radius 1 is 1.53 bits per heavy atom. The van der Waals surface area contributed by atoms with Crippen LogP contribution in [-0.4, -0.2) is 31.7 Å². The number of ether oxygens (including phenoxy) is 1. The van der Waals surface area contributed by atoms with Crippen molar-refractivity contribution in [2.45, 2.75) is 51.6 Å². The summed E-state index contributed by atoms with van der Waals surface area (Å²) in [6.45, 7) is 4.69. The van der Waals surface area contributed by atoms with Gasteiger partial charge in [-0.05, 0) is 18.3 Å². The molecule has 1 aliphatic carbocycles. The number of hydrogen-bond acceptors (Lipinski definition) is 3. The largest absolute Gasteiger partial charge is 0.383 e. The van der Waals surface area contributed by atoms with Crippen molar-refractivity contribution in [3.05, 3.63) is 0 Å². The van der Waals surface area contributed by atoms with Gasteiger partial charge in [0.05, 0.1) is 6.61 Å². The summed E-state index contributed by atoms with van der Waals surface area (Å²) in [5, 5.41) is 3.05. The average molecular weight is 265 g/mol. The lowest BCUT2D eigenvalue weighted by atomic mass is 9.73. The molecule has 0 heterocycles. The molecule has 2 atom stereocenters. The number of carbonyl (C=O) groups is 1. The lowest BCUT2D eigenvalue weighted by Gasteiger charge is -2.39. The molecule has 1 amide bonds. The van der Waals surface area contributed by atoms with Crippen molar-refractivity contribution in [1.29, 1.82) is 0 Å². The van der Waals surface area contributed by atoms with Crippen LogP contribution in [-0.2, 0) is 9.53 Å². The summed E-state index contributed by atoms with van der Waals surface area (Å²) >= 11 is 0. The number of hydrogen-bond donors (Lipinski definition) is 2. The van der Waals surface area contributed by atoms with E-state index in [1.165, 1.54) is 12.8 Å². The van der Waals surface area contributed by atoms with E-state index in [2.05, 4.69) is 19.2 Å². The Morgan fingerprint density at radius 3 is 2.71 bits per heavy atom. The van der Waals surface area contributed by atoms with E-state index in [1.807, 2.05) is 0 Å². The van der Waals surface area contributed by atoms with Crippen LogP contribution >= 0.6 is 12.4 Å². The predicted octanol–water partition coefficient (Wildman–Crippen LogP) is 1.47. The smallest absolute Gasteiger partial charge is 0.239 e. The maximum Gasteiger partial charge on any atom is 0.239 e. The third kappa shape index (κ3) is 4.82. The summed E-state index contributed by atoms with van der Waals surface area (Å²) in [7, 11) is 1.55. The zero-order valence-electron chi connectivity index (χ0n) is 11.0. The minimum atomic E-state index is -0.553. The first-order valence-corrected chi connectivity index (χ1v) is 6.02. The monoisotopic (exact) mass is 264 g/mol. The van der Waals surface area contributed by atoms with Crippen LogP contribution in [0.15, 0.2) is 0 Å². The standard InChI is InChI=1S/C12H24N2O2.ClH/c1-12(2)7-5-4-6-10(12)14-11(15)9(13)8-16-3;/h9-10H,4-8,13H2,1-3H3,(H,14,15);1H. The van der Waals surface area contributed by atoms with E-state index in [-0.39, 0.29) is 36.4 Å². The van der Waals surface area contributed by atoms with Gasteiger partial charge in [-0.1, -0.05) is 26.7 Å². The summed E-state index contributed by atoms with van der Waals surface area (Å²) in [4.78, 5) is 11.8. The normalized spacial score (nSPS) is 24.6. The Kier molecular flexibility index (Phi) is 7.05. The second-order valence-electron chi connectivity index (χ2n) is 5.36. The third-order valence-corrected chi connectivity index (χ3v) is 3.51. The fraction of sp³-hybridized carbons (Fsp3) is 0.917. The molecule has 0 aromatic rings. The molecule has 17 heavy (non-hydrogen) atoms. The van der Waals surface area contributed by atoms with E-state index in [4.69, 9.17) is 10.5 Å². The summed E-state index contributed by atoms with van der Waals surface area (Å²) in [5.41, 5.74) is 5.88. The highest BCUT2D eigenvalue weighted by atomic mass is 35.5. The van der Waals surface area contributed by atoms with Crippen molar-refractivity contribution in [3.8, 4) is 0 Å². The molecule has 102 valence electrons. The Labute approximate surface area is 110 Å². The Balaban J connectivity index is 0.00000256. The molecule has 1 saturated carbocycles. The molecule has 1 fully saturated rings. The van der Waals surface area contributed by atoms with E-state index in [9.17, 15) is 4.79 Å². The highest BCUT2D eigenvalue weighted by Gasteiger charge is 2.33. The fourth-order valence-corrected chi connectivity index (χ4v) is 2.30. The van der Waals surface area contributed by atoms with Crippen LogP contribution in [0.1, 0.15) is 39.5 Å². The Morgan fingerprint density at radius 2 is 2.18 bits per heavy atom. The quantitative estimate of drug-likeness (QED) is 0.808. The van der Waals surface area contributed by atoms with Gasteiger partial charge in [-0.25, -0.2) is 0 Å². The number of halogens is 1. The molecule has 0 radical (unpaired) electrons. The second kappa shape index (κ2) is 7.19. The molecular weight excluding hydrogens is 240 g/mol. The maximum absolute atomic E-state index is 11.8. The first kappa shape index (κ1) is 16.7. The summed E-state index contributed by atoms with van der Waals surface area (Å²) in [6.07, 6.45) is 4.66. The van der Waals surface area contributed by atoms with Gasteiger partial charge in [0.2, 0.25) is 5.91 Å². The molecule has 2 unspecified atom stereocenters. The summed E-state index contributed by atoms with van der Waals surface area (Å²) in [6, 6.07) is -0.306. The average Bonchev–Trinajstić information content (AvgIpc) is 2.21. The van der Waals surface area contributed by atoms with Crippen LogP contribution in [0.5, 0.6) is 0 Å². The summed E-state index contributed by atoms with van der Waals surface area (Å²) < 4.78 is 4.88. The molecule has 0 saturated heterocycles. The van der Waals surface area contributed by atoms with Gasteiger partial charge in [0.25, 0.3) is 0 Å². The van der Waals surface area contributed by atoms with Crippen LogP contribution in [0.3, 0.4) is 0 Å². The molecule has 0 aromatic carbocycles. The maximum atomic E-state index is 11.8. The lowest BCUT2D eigenvalue weighted by Crippen LogP contribution is -2.52. The minimum Gasteiger partial charge on any atom is -0.383 e. The second-order valence-corrected chi connectivity index (χ2v) is 5.36. The first-order valence-electron chi connectivity index (χ1n) is 6.02. The van der Waals surface area contributed by atoms with E-state index >= 15 is 0 Å². The van der Waals surface area contributed by atoms with Gasteiger partial charge in [0, 0.05) is 13.2 Å². The molecule has 5 heteroatoms. The number of rotatable bonds is 4. The molecule has 3 N–H and O–H groups in total. The first-order chi connectivity index (χ1) is 7.47. The highest BCUT2D eigenvalue weighted by molar-refractivity contribution is 5.85. The van der Waals surface area contributed by atoms with Crippen molar-refractivity contribution in [2.75, 3.05) is 13.7 Å². The SMILES string of the molecule is COCC(N)C(=O)NC1CCCCC1(C)C.Cl. The molecule has 0 bridgehead atoms. The van der Waals surface area contributed by atoms with Crippen molar-refractivity contribution in [3.63, 3.8) is 0 Å². The van der Waals surface area contributed by atoms with Gasteiger partial charge in [0.1, 0.15) is 6.04 Å². The van der Waals surface area contributed by atoms with Crippen molar-refractivity contribution in [1.82, 2.24) is 5.32 Å². The highest BCUT2D eigenvalue weighted by Crippen LogP contribution is 2.35. The zero-order chi connectivity index (χ0) is 12.2. The van der Waals surface area contributed by atoms with Gasteiger partial charge >= 0.3 is 0 Å². The van der Waals surface area contributed by atoms with Crippen LogP contribution in [0.25, 0.3) is 0 Å². The van der Waals surface area contributed by atoms with Crippen molar-refractivity contribution >= 4 is 18.3 Å². The van der Waals surface area contributed by atoms with Gasteiger partial charge < -0.3 is 15.8 Å². The summed E-state index contributed by atoms with van der Waals surface area (Å²) in [5.74, 6) is -0.0955. The molecule has 1 aliphatic rings. The predicted molar refractivity (Wildman–Crippen MR) is 71.3 cm³/mol. The topological polar surface area (TPSA) is 64.3 Å². The Bertz CT molecular complexity index is 247. The van der Waals surface area contributed by atoms with E-state index < -0.39 is 6.04 Å². The molecule has 1 rings (SSSR count). The van der Waals surface area contributed by atoms with E-state index in [0.29, 0.717) is 0 Å². The van der Waals surface area contributed by atoms with Gasteiger partial charge in [-0.15, -0.1) is 12.4 Å². The van der Waals surface area contributed by atoms with Gasteiger partial charge in [0.15, 0.2) is 0 Å². The number of carbonyl (C=O) groups excluding carboxylic acids is 1. The van der Waals surface area contributed by atoms with E-state index in [0.717, 1.165) is 12.8 Å². The van der Waals surface area contributed by atoms with Crippen molar-refractivity contribution in [2.24, 2.45) is 11.1 Å². The van der Waals surface area contributed by atoms with Gasteiger partial charge in [-0.2, -0.15) is 0 Å². The van der Waals surface area contributed by atoms with Crippen LogP contribution in [0.4, 0.5) is 0 Å². The number of amides is 1. The van der Waals surface area contributed by atoms with Crippen LogP contribution in [0.2, 0.25) is 0 Å². The van der Waals surface area contributed by atoms with Crippen molar-refractivity contribution < 1.29 is 9.53 Å².